The van der Waals surface area contributed by atoms with E-state index in [1.807, 2.05) is 44.8 Å². The molecule has 0 saturated carbocycles. The first-order chi connectivity index (χ1) is 24.8. The van der Waals surface area contributed by atoms with E-state index in [4.69, 9.17) is 34.8 Å². The smallest absolute Gasteiger partial charge is 0.311 e. The van der Waals surface area contributed by atoms with E-state index in [-0.39, 0.29) is 37.3 Å². The van der Waals surface area contributed by atoms with Crippen molar-refractivity contribution < 1.29 is 58.7 Å². The molecule has 0 amide bonds. The second-order valence-electron chi connectivity index (χ2n) is 17.5. The van der Waals surface area contributed by atoms with Gasteiger partial charge in [-0.25, -0.2) is 0 Å². The molecule has 0 unspecified atom stereocenters. The number of ether oxygens (including phenoxy) is 6. The largest absolute Gasteiger partial charge is 0.459 e. The van der Waals surface area contributed by atoms with Crippen LogP contribution in [0.1, 0.15) is 94.9 Å². The quantitative estimate of drug-likeness (QED) is 0.187. The van der Waals surface area contributed by atoms with Crippen LogP contribution in [0, 0.1) is 30.1 Å². The van der Waals surface area contributed by atoms with E-state index in [2.05, 4.69) is 5.92 Å². The average Bonchev–Trinajstić information content (AvgIpc) is 3.09. The highest BCUT2D eigenvalue weighted by Crippen LogP contribution is 2.43. The van der Waals surface area contributed by atoms with Gasteiger partial charge in [0.05, 0.1) is 29.8 Å². The van der Waals surface area contributed by atoms with E-state index in [0.29, 0.717) is 13.0 Å². The molecule has 0 spiro atoms. The number of esters is 1. The van der Waals surface area contributed by atoms with Crippen LogP contribution in [0.5, 0.6) is 0 Å². The lowest BCUT2D eigenvalue weighted by Crippen LogP contribution is -2.66. The topological polar surface area (TPSA) is 180 Å². The third-order valence-electron chi connectivity index (χ3n) is 12.7. The fourth-order valence-corrected chi connectivity index (χ4v) is 9.01. The van der Waals surface area contributed by atoms with Crippen LogP contribution in [-0.4, -0.2) is 166 Å². The first-order valence-electron chi connectivity index (χ1n) is 19.6. The van der Waals surface area contributed by atoms with Crippen LogP contribution in [0.3, 0.4) is 0 Å². The van der Waals surface area contributed by atoms with Crippen molar-refractivity contribution in [2.24, 2.45) is 17.8 Å². The van der Waals surface area contributed by atoms with Crippen molar-refractivity contribution in [2.75, 3.05) is 34.8 Å². The Morgan fingerprint density at radius 2 is 1.61 bits per heavy atom. The number of hydrogen-bond donors (Lipinski definition) is 5. The van der Waals surface area contributed by atoms with Crippen LogP contribution in [0.2, 0.25) is 0 Å². The lowest BCUT2D eigenvalue weighted by atomic mass is 9.75. The molecule has 0 aromatic rings. The second-order valence-corrected chi connectivity index (χ2v) is 17.5. The van der Waals surface area contributed by atoms with Gasteiger partial charge in [0.25, 0.3) is 0 Å². The number of methoxy groups -OCH3 is 1. The SMILES string of the molecule is C#C[C@@]1(O)[C@H](C)O[C@@H](O[C@H]2[C@H](C)[C@@H](O[C@@H]3O[C@H](C)C[C@H](N(C)C)[C@H]3O)[C@](C)(O)C[C@@H](C)CN(C)[C@H](C)[C@@H](O)[C@](C)(O)[C@@H](CC)OC(=O)[C@@H]2C)C[C@@]1(C)OC. The molecule has 3 rings (SSSR count). The number of likely N-dealkylation sites (N-methyl/N-ethyl adjacent to an activating group) is 2. The standard InChI is InChI=1S/C40H72N2O12/c1-16-29-39(11,47)33(44)26(7)42(14)21-22(3)19-37(9,46)34(54-36-31(43)28(41(12)13)18-23(4)50-36)24(5)32(25(6)35(45)52-29)53-30-20-38(10,49-15)40(48,17-2)27(8)51-30/h2,22-34,36,43-44,46-48H,16,18-21H2,1,3-15H3/t22-,23-,24+,25-,26-,27+,28+,29-,30+,31-,32+,33-,34-,36+,37-,38-,39-,40-/m1/s1. The molecule has 3 aliphatic rings. The van der Waals surface area contributed by atoms with Gasteiger partial charge in [-0.1, -0.05) is 26.7 Å². The third kappa shape index (κ3) is 9.63. The summed E-state index contributed by atoms with van der Waals surface area (Å²) >= 11 is 0. The van der Waals surface area contributed by atoms with Crippen LogP contribution in [0.25, 0.3) is 0 Å². The molecule has 314 valence electrons. The number of cyclic esters (lactones) is 1. The van der Waals surface area contributed by atoms with Gasteiger partial charge >= 0.3 is 5.97 Å². The minimum atomic E-state index is -1.82. The molecule has 3 saturated heterocycles. The minimum absolute atomic E-state index is 0.0202. The van der Waals surface area contributed by atoms with Gasteiger partial charge in [-0.05, 0) is 94.8 Å². The minimum Gasteiger partial charge on any atom is -0.459 e. The number of carbonyl (C=O) groups excluding carboxylic acids is 1. The van der Waals surface area contributed by atoms with E-state index >= 15 is 0 Å². The van der Waals surface area contributed by atoms with Gasteiger partial charge in [-0.2, -0.15) is 0 Å². The Hall–Kier alpha value is -1.45. The summed E-state index contributed by atoms with van der Waals surface area (Å²) in [5.74, 6) is -0.306. The van der Waals surface area contributed by atoms with Gasteiger partial charge in [0, 0.05) is 38.1 Å². The first-order valence-corrected chi connectivity index (χ1v) is 19.6. The van der Waals surface area contributed by atoms with Crippen molar-refractivity contribution in [2.45, 2.75) is 185 Å². The molecule has 5 N–H and O–H groups in total. The van der Waals surface area contributed by atoms with Crippen molar-refractivity contribution in [1.82, 2.24) is 9.80 Å². The average molecular weight is 773 g/mol. The van der Waals surface area contributed by atoms with Crippen LogP contribution in [-0.2, 0) is 33.2 Å². The van der Waals surface area contributed by atoms with Gasteiger partial charge in [0.1, 0.15) is 35.6 Å². The van der Waals surface area contributed by atoms with Gasteiger partial charge in [0.2, 0.25) is 0 Å². The highest BCUT2D eigenvalue weighted by atomic mass is 16.7. The molecule has 0 radical (unpaired) electrons. The zero-order chi connectivity index (χ0) is 41.3. The highest BCUT2D eigenvalue weighted by Gasteiger charge is 2.58. The summed E-state index contributed by atoms with van der Waals surface area (Å²) < 4.78 is 37.7. The lowest BCUT2D eigenvalue weighted by Gasteiger charge is -2.51. The number of hydrogen-bond acceptors (Lipinski definition) is 14. The maximum absolute atomic E-state index is 14.3. The summed E-state index contributed by atoms with van der Waals surface area (Å²) in [4.78, 5) is 18.1. The Labute approximate surface area is 323 Å². The molecule has 54 heavy (non-hydrogen) atoms. The summed E-state index contributed by atoms with van der Waals surface area (Å²) in [6, 6.07) is -0.845. The Morgan fingerprint density at radius 3 is 2.15 bits per heavy atom. The molecule has 0 aliphatic carbocycles. The van der Waals surface area contributed by atoms with Crippen LogP contribution < -0.4 is 0 Å². The Morgan fingerprint density at radius 1 is 1.00 bits per heavy atom. The summed E-state index contributed by atoms with van der Waals surface area (Å²) in [7, 11) is 7.02. The third-order valence-corrected chi connectivity index (χ3v) is 12.7. The van der Waals surface area contributed by atoms with Gasteiger partial charge < -0.3 is 63.8 Å². The monoisotopic (exact) mass is 773 g/mol. The molecule has 3 aliphatic heterocycles. The second kappa shape index (κ2) is 18.0. The number of carbonyl (C=O) groups is 1. The van der Waals surface area contributed by atoms with Crippen LogP contribution >= 0.6 is 0 Å². The lowest BCUT2D eigenvalue weighted by molar-refractivity contribution is -0.327. The summed E-state index contributed by atoms with van der Waals surface area (Å²) in [5.41, 5.74) is -6.52. The van der Waals surface area contributed by atoms with Crippen molar-refractivity contribution in [3.05, 3.63) is 0 Å². The normalized spacial score (nSPS) is 49.4. The summed E-state index contributed by atoms with van der Waals surface area (Å²) in [6.07, 6.45) is -2.28. The Kier molecular flexibility index (Phi) is 15.6. The molecule has 3 heterocycles. The zero-order valence-electron chi connectivity index (χ0n) is 35.2. The molecule has 18 atom stereocenters. The van der Waals surface area contributed by atoms with E-state index in [0.717, 1.165) is 0 Å². The van der Waals surface area contributed by atoms with Crippen molar-refractivity contribution in [3.8, 4) is 12.3 Å². The molecular weight excluding hydrogens is 700 g/mol. The van der Waals surface area contributed by atoms with Crippen LogP contribution in [0.15, 0.2) is 0 Å². The zero-order valence-corrected chi connectivity index (χ0v) is 35.2. The van der Waals surface area contributed by atoms with Gasteiger partial charge in [-0.15, -0.1) is 6.42 Å². The van der Waals surface area contributed by atoms with Crippen LogP contribution in [0.4, 0.5) is 0 Å². The molecule has 14 heteroatoms. The fraction of sp³-hybridized carbons (Fsp3) is 0.925. The Bertz CT molecular complexity index is 1280. The fourth-order valence-electron chi connectivity index (χ4n) is 9.01. The van der Waals surface area contributed by atoms with Gasteiger partial charge in [0.15, 0.2) is 18.2 Å². The number of terminal acetylenes is 1. The Balaban J connectivity index is 2.20. The number of nitrogens with zero attached hydrogens (tertiary/aromatic N) is 2. The van der Waals surface area contributed by atoms with E-state index in [1.54, 1.807) is 48.5 Å². The summed E-state index contributed by atoms with van der Waals surface area (Å²) in [5, 5.41) is 58.8. The highest BCUT2D eigenvalue weighted by molar-refractivity contribution is 5.73. The summed E-state index contributed by atoms with van der Waals surface area (Å²) in [6.45, 7) is 17.7. The van der Waals surface area contributed by atoms with E-state index in [1.165, 1.54) is 14.0 Å². The first kappa shape index (κ1) is 46.9. The maximum atomic E-state index is 14.3. The van der Waals surface area contributed by atoms with Crippen molar-refractivity contribution >= 4 is 5.97 Å². The number of aliphatic hydroxyl groups excluding tert-OH is 2. The van der Waals surface area contributed by atoms with E-state index < -0.39 is 95.5 Å². The van der Waals surface area contributed by atoms with Crippen molar-refractivity contribution in [3.63, 3.8) is 0 Å². The molecule has 0 bridgehead atoms. The number of rotatable bonds is 7. The number of aliphatic hydroxyl groups is 5. The molecule has 0 aromatic heterocycles. The molecule has 0 aromatic carbocycles. The van der Waals surface area contributed by atoms with Crippen molar-refractivity contribution in [1.29, 1.82) is 0 Å². The predicted octanol–water partition coefficient (Wildman–Crippen LogP) is 1.90. The molecular formula is C40H72N2O12. The predicted molar refractivity (Wildman–Crippen MR) is 202 cm³/mol. The maximum Gasteiger partial charge on any atom is 0.311 e. The molecule has 14 nitrogen and oxygen atoms in total. The molecule has 3 fully saturated rings. The van der Waals surface area contributed by atoms with Gasteiger partial charge in [-0.3, -0.25) is 4.79 Å². The van der Waals surface area contributed by atoms with E-state index in [9.17, 15) is 30.3 Å².